The van der Waals surface area contributed by atoms with Crippen LogP contribution in [0.3, 0.4) is 0 Å². The van der Waals surface area contributed by atoms with Gasteiger partial charge in [-0.05, 0) is 25.0 Å². The van der Waals surface area contributed by atoms with E-state index in [0.29, 0.717) is 18.9 Å². The highest BCUT2D eigenvalue weighted by Gasteiger charge is 2.45. The minimum atomic E-state index is -4.35. The fraction of sp³-hybridized carbons (Fsp3) is 0.538. The van der Waals surface area contributed by atoms with Gasteiger partial charge in [0, 0.05) is 6.04 Å². The summed E-state index contributed by atoms with van der Waals surface area (Å²) < 4.78 is 52.0. The molecule has 1 aliphatic carbocycles. The second-order valence-corrected chi connectivity index (χ2v) is 5.10. The van der Waals surface area contributed by atoms with E-state index in [4.69, 9.17) is 0 Å². The van der Waals surface area contributed by atoms with Crippen LogP contribution in [-0.4, -0.2) is 17.1 Å². The van der Waals surface area contributed by atoms with Crippen LogP contribution in [0, 0.1) is 21.8 Å². The van der Waals surface area contributed by atoms with E-state index in [-0.39, 0.29) is 18.5 Å². The van der Waals surface area contributed by atoms with Gasteiger partial charge in [0.05, 0.1) is 16.9 Å². The van der Waals surface area contributed by atoms with Gasteiger partial charge in [0.25, 0.3) is 5.69 Å². The average molecular weight is 306 g/mol. The number of anilines is 1. The monoisotopic (exact) mass is 306 g/mol. The normalized spacial score (nSPS) is 22.9. The average Bonchev–Trinajstić information content (AvgIpc) is 2.40. The molecule has 1 fully saturated rings. The Morgan fingerprint density at radius 1 is 1.24 bits per heavy atom. The number of hydrogen-bond acceptors (Lipinski definition) is 3. The minimum Gasteiger partial charge on any atom is -0.376 e. The number of alkyl halides is 3. The Hall–Kier alpha value is -1.86. The number of nitro groups is 1. The van der Waals surface area contributed by atoms with Gasteiger partial charge in [-0.25, -0.2) is 4.39 Å². The van der Waals surface area contributed by atoms with Crippen molar-refractivity contribution >= 4 is 11.4 Å². The highest BCUT2D eigenvalue weighted by Crippen LogP contribution is 2.40. The molecule has 1 aromatic carbocycles. The molecule has 2 unspecified atom stereocenters. The molecular weight excluding hydrogens is 292 g/mol. The van der Waals surface area contributed by atoms with Gasteiger partial charge in [0.1, 0.15) is 11.5 Å². The standard InChI is InChI=1S/C13H14F4N2O2/c14-8-5-6-11(12(7-8)19(20)21)18-10-4-2-1-3-9(10)13(15,16)17/h5-7,9-10,18H,1-4H2. The van der Waals surface area contributed by atoms with Crippen LogP contribution < -0.4 is 5.32 Å². The molecule has 116 valence electrons. The molecule has 0 aliphatic heterocycles. The van der Waals surface area contributed by atoms with Gasteiger partial charge >= 0.3 is 6.18 Å². The molecule has 0 radical (unpaired) electrons. The number of rotatable bonds is 3. The van der Waals surface area contributed by atoms with Gasteiger partial charge in [-0.2, -0.15) is 13.2 Å². The Labute approximate surface area is 118 Å². The SMILES string of the molecule is O=[N+]([O-])c1cc(F)ccc1NC1CCCCC1C(F)(F)F. The number of hydrogen-bond donors (Lipinski definition) is 1. The van der Waals surface area contributed by atoms with Crippen molar-refractivity contribution in [2.45, 2.75) is 37.9 Å². The van der Waals surface area contributed by atoms with Crippen molar-refractivity contribution in [2.75, 3.05) is 5.32 Å². The summed E-state index contributed by atoms with van der Waals surface area (Å²) in [4.78, 5) is 10.1. The molecule has 0 saturated heterocycles. The predicted octanol–water partition coefficient (Wildman–Crippen LogP) is 4.27. The summed E-state index contributed by atoms with van der Waals surface area (Å²) in [6.07, 6.45) is -2.98. The van der Waals surface area contributed by atoms with E-state index in [1.54, 1.807) is 0 Å². The van der Waals surface area contributed by atoms with E-state index in [9.17, 15) is 27.7 Å². The van der Waals surface area contributed by atoms with Gasteiger partial charge in [-0.15, -0.1) is 0 Å². The van der Waals surface area contributed by atoms with Crippen molar-refractivity contribution in [1.82, 2.24) is 0 Å². The van der Waals surface area contributed by atoms with Crippen molar-refractivity contribution < 1.29 is 22.5 Å². The fourth-order valence-corrected chi connectivity index (χ4v) is 2.67. The molecule has 1 N–H and O–H groups in total. The van der Waals surface area contributed by atoms with Crippen LogP contribution in [0.25, 0.3) is 0 Å². The maximum absolute atomic E-state index is 13.0. The first-order chi connectivity index (χ1) is 9.79. The quantitative estimate of drug-likeness (QED) is 0.515. The molecule has 0 aromatic heterocycles. The molecule has 1 saturated carbocycles. The van der Waals surface area contributed by atoms with Crippen LogP contribution in [0.2, 0.25) is 0 Å². The van der Waals surface area contributed by atoms with E-state index >= 15 is 0 Å². The number of nitro benzene ring substituents is 1. The molecule has 0 spiro atoms. The Balaban J connectivity index is 2.25. The van der Waals surface area contributed by atoms with Crippen molar-refractivity contribution in [3.8, 4) is 0 Å². The van der Waals surface area contributed by atoms with Gasteiger partial charge in [-0.3, -0.25) is 10.1 Å². The molecule has 8 heteroatoms. The minimum absolute atomic E-state index is 0.00381. The molecule has 1 aliphatic rings. The van der Waals surface area contributed by atoms with Gasteiger partial charge in [-0.1, -0.05) is 12.8 Å². The zero-order valence-corrected chi connectivity index (χ0v) is 11.0. The fourth-order valence-electron chi connectivity index (χ4n) is 2.67. The molecule has 0 amide bonds. The maximum atomic E-state index is 13.0. The van der Waals surface area contributed by atoms with Gasteiger partial charge in [0.2, 0.25) is 0 Å². The molecule has 21 heavy (non-hydrogen) atoms. The first-order valence-corrected chi connectivity index (χ1v) is 6.56. The Bertz CT molecular complexity index is 533. The van der Waals surface area contributed by atoms with Crippen LogP contribution in [0.4, 0.5) is 28.9 Å². The highest BCUT2D eigenvalue weighted by molar-refractivity contribution is 5.62. The second kappa shape index (κ2) is 5.87. The molecule has 2 rings (SSSR count). The third-order valence-corrected chi connectivity index (χ3v) is 3.68. The van der Waals surface area contributed by atoms with Gasteiger partial charge < -0.3 is 5.32 Å². The van der Waals surface area contributed by atoms with Crippen LogP contribution >= 0.6 is 0 Å². The molecule has 0 heterocycles. The summed E-state index contributed by atoms with van der Waals surface area (Å²) in [7, 11) is 0. The Morgan fingerprint density at radius 3 is 2.52 bits per heavy atom. The molecule has 2 atom stereocenters. The van der Waals surface area contributed by atoms with Crippen molar-refractivity contribution in [1.29, 1.82) is 0 Å². The molecule has 1 aromatic rings. The smallest absolute Gasteiger partial charge is 0.376 e. The third-order valence-electron chi connectivity index (χ3n) is 3.68. The van der Waals surface area contributed by atoms with Crippen molar-refractivity contribution in [3.05, 3.63) is 34.1 Å². The van der Waals surface area contributed by atoms with E-state index in [1.807, 2.05) is 0 Å². The summed E-state index contributed by atoms with van der Waals surface area (Å²) in [5.41, 5.74) is -0.635. The number of halogens is 4. The highest BCUT2D eigenvalue weighted by atomic mass is 19.4. The van der Waals surface area contributed by atoms with Gasteiger partial charge in [0.15, 0.2) is 0 Å². The number of benzene rings is 1. The largest absolute Gasteiger partial charge is 0.393 e. The number of nitrogens with zero attached hydrogens (tertiary/aromatic N) is 1. The zero-order chi connectivity index (χ0) is 15.6. The summed E-state index contributed by atoms with van der Waals surface area (Å²) >= 11 is 0. The summed E-state index contributed by atoms with van der Waals surface area (Å²) in [6, 6.07) is 1.87. The lowest BCUT2D eigenvalue weighted by Crippen LogP contribution is -2.41. The lowest BCUT2D eigenvalue weighted by Gasteiger charge is -2.34. The Kier molecular flexibility index (Phi) is 4.34. The third kappa shape index (κ3) is 3.62. The number of nitrogens with one attached hydrogen (secondary N) is 1. The lowest BCUT2D eigenvalue weighted by atomic mass is 9.84. The van der Waals surface area contributed by atoms with Crippen LogP contribution in [0.1, 0.15) is 25.7 Å². The first kappa shape index (κ1) is 15.5. The molecular formula is C13H14F4N2O2. The summed E-state index contributed by atoms with van der Waals surface area (Å²) in [5, 5.41) is 13.5. The topological polar surface area (TPSA) is 55.2 Å². The maximum Gasteiger partial charge on any atom is 0.393 e. The van der Waals surface area contributed by atoms with E-state index in [2.05, 4.69) is 5.32 Å². The van der Waals surface area contributed by atoms with Crippen molar-refractivity contribution in [2.24, 2.45) is 5.92 Å². The predicted molar refractivity (Wildman–Crippen MR) is 68.5 cm³/mol. The summed E-state index contributed by atoms with van der Waals surface area (Å²) in [5.74, 6) is -2.35. The second-order valence-electron chi connectivity index (χ2n) is 5.10. The van der Waals surface area contributed by atoms with E-state index in [0.717, 1.165) is 12.1 Å². The van der Waals surface area contributed by atoms with E-state index in [1.165, 1.54) is 0 Å². The van der Waals surface area contributed by atoms with Crippen molar-refractivity contribution in [3.63, 3.8) is 0 Å². The van der Waals surface area contributed by atoms with E-state index < -0.39 is 34.6 Å². The van der Waals surface area contributed by atoms with Crippen LogP contribution in [0.5, 0.6) is 0 Å². The molecule has 4 nitrogen and oxygen atoms in total. The molecule has 0 bridgehead atoms. The lowest BCUT2D eigenvalue weighted by molar-refractivity contribution is -0.384. The summed E-state index contributed by atoms with van der Waals surface area (Å²) in [6.45, 7) is 0. The van der Waals surface area contributed by atoms with Crippen LogP contribution in [-0.2, 0) is 0 Å². The Morgan fingerprint density at radius 2 is 1.90 bits per heavy atom. The van der Waals surface area contributed by atoms with Crippen LogP contribution in [0.15, 0.2) is 18.2 Å². The first-order valence-electron chi connectivity index (χ1n) is 6.56. The zero-order valence-electron chi connectivity index (χ0n) is 11.0.